The van der Waals surface area contributed by atoms with E-state index >= 15 is 0 Å². The van der Waals surface area contributed by atoms with Crippen LogP contribution in [0.15, 0.2) is 17.0 Å². The van der Waals surface area contributed by atoms with Gasteiger partial charge in [-0.15, -0.1) is 0 Å². The zero-order valence-corrected chi connectivity index (χ0v) is 13.9. The lowest BCUT2D eigenvalue weighted by atomic mass is 10.1. The van der Waals surface area contributed by atoms with E-state index in [9.17, 15) is 18.5 Å². The van der Waals surface area contributed by atoms with Crippen molar-refractivity contribution in [2.24, 2.45) is 5.92 Å². The van der Waals surface area contributed by atoms with Crippen molar-refractivity contribution in [1.82, 2.24) is 9.62 Å². The highest BCUT2D eigenvalue weighted by molar-refractivity contribution is 7.89. The van der Waals surface area contributed by atoms with Crippen LogP contribution in [0.4, 0.5) is 5.69 Å². The molecule has 1 aromatic rings. The Bertz CT molecular complexity index is 693. The molecule has 0 aliphatic carbocycles. The third-order valence-electron chi connectivity index (χ3n) is 3.72. The largest absolute Gasteiger partial charge is 0.319 e. The van der Waals surface area contributed by atoms with Crippen LogP contribution in [0.25, 0.3) is 0 Å². The number of benzene rings is 1. The molecule has 1 unspecified atom stereocenters. The lowest BCUT2D eigenvalue weighted by molar-refractivity contribution is -0.385. The maximum Gasteiger partial charge on any atom is 0.289 e. The highest BCUT2D eigenvalue weighted by Crippen LogP contribution is 2.35. The van der Waals surface area contributed by atoms with Gasteiger partial charge in [0.15, 0.2) is 0 Å². The molecule has 0 amide bonds. The first kappa shape index (κ1) is 17.1. The molecule has 0 spiro atoms. The quantitative estimate of drug-likeness (QED) is 0.647. The second kappa shape index (κ2) is 6.49. The Kier molecular flexibility index (Phi) is 5.06. The molecule has 0 aromatic heterocycles. The number of rotatable bonds is 5. The molecule has 0 saturated carbocycles. The molecule has 1 aromatic carbocycles. The minimum Gasteiger partial charge on any atom is -0.319 e. The van der Waals surface area contributed by atoms with E-state index in [0.717, 1.165) is 13.0 Å². The molecular weight excluding hydrogens is 330 g/mol. The van der Waals surface area contributed by atoms with E-state index in [1.807, 2.05) is 7.05 Å². The van der Waals surface area contributed by atoms with Crippen molar-refractivity contribution in [3.8, 4) is 0 Å². The normalized spacial score (nSPS) is 19.5. The summed E-state index contributed by atoms with van der Waals surface area (Å²) in [6.45, 7) is 3.12. The molecule has 22 heavy (non-hydrogen) atoms. The number of aryl methyl sites for hydroxylation is 1. The van der Waals surface area contributed by atoms with Gasteiger partial charge in [-0.3, -0.25) is 10.1 Å². The molecule has 7 nitrogen and oxygen atoms in total. The predicted octanol–water partition coefficient (Wildman–Crippen LogP) is 1.79. The highest BCUT2D eigenvalue weighted by atomic mass is 35.5. The predicted molar refractivity (Wildman–Crippen MR) is 83.6 cm³/mol. The average Bonchev–Trinajstić information content (AvgIpc) is 2.90. The van der Waals surface area contributed by atoms with Crippen LogP contribution >= 0.6 is 11.6 Å². The zero-order valence-electron chi connectivity index (χ0n) is 12.4. The summed E-state index contributed by atoms with van der Waals surface area (Å²) in [6.07, 6.45) is 0.756. The third kappa shape index (κ3) is 3.24. The Hall–Kier alpha value is -1.22. The molecule has 1 fully saturated rings. The molecule has 0 radical (unpaired) electrons. The van der Waals surface area contributed by atoms with Crippen LogP contribution in [0.3, 0.4) is 0 Å². The summed E-state index contributed by atoms with van der Waals surface area (Å²) in [6, 6.07) is 2.66. The van der Waals surface area contributed by atoms with Gasteiger partial charge >= 0.3 is 0 Å². The number of sulfonamides is 1. The molecule has 1 N–H and O–H groups in total. The smallest absolute Gasteiger partial charge is 0.289 e. The number of hydrogen-bond donors (Lipinski definition) is 1. The molecule has 2 rings (SSSR count). The van der Waals surface area contributed by atoms with Crippen LogP contribution in [0, 0.1) is 23.0 Å². The highest BCUT2D eigenvalue weighted by Gasteiger charge is 2.35. The molecule has 1 heterocycles. The van der Waals surface area contributed by atoms with E-state index < -0.39 is 14.9 Å². The molecule has 122 valence electrons. The fourth-order valence-electron chi connectivity index (χ4n) is 2.65. The molecule has 1 saturated heterocycles. The van der Waals surface area contributed by atoms with Gasteiger partial charge in [0.05, 0.1) is 4.92 Å². The Morgan fingerprint density at radius 3 is 2.77 bits per heavy atom. The monoisotopic (exact) mass is 347 g/mol. The van der Waals surface area contributed by atoms with Crippen LogP contribution < -0.4 is 5.32 Å². The standard InChI is InChI=1S/C13H18ClN3O4S/c1-9-5-11(17(18)19)13(14)12(6-9)22(20,21)16-4-3-10(8-16)7-15-2/h5-6,10,15H,3-4,7-8H2,1-2H3. The summed E-state index contributed by atoms with van der Waals surface area (Å²) in [7, 11) is -2.01. The van der Waals surface area contributed by atoms with Crippen molar-refractivity contribution in [3.05, 3.63) is 32.8 Å². The van der Waals surface area contributed by atoms with Crippen molar-refractivity contribution < 1.29 is 13.3 Å². The Labute approximate surface area is 134 Å². The van der Waals surface area contributed by atoms with E-state index in [4.69, 9.17) is 11.6 Å². The van der Waals surface area contributed by atoms with E-state index in [2.05, 4.69) is 5.32 Å². The van der Waals surface area contributed by atoms with E-state index in [-0.39, 0.29) is 21.5 Å². The van der Waals surface area contributed by atoms with Crippen molar-refractivity contribution in [2.75, 3.05) is 26.7 Å². The minimum absolute atomic E-state index is 0.189. The number of nitro groups is 1. The Morgan fingerprint density at radius 1 is 1.50 bits per heavy atom. The van der Waals surface area contributed by atoms with E-state index in [1.54, 1.807) is 6.92 Å². The number of nitrogens with one attached hydrogen (secondary N) is 1. The van der Waals surface area contributed by atoms with Gasteiger partial charge in [-0.2, -0.15) is 4.31 Å². The molecule has 9 heteroatoms. The minimum atomic E-state index is -3.83. The average molecular weight is 348 g/mol. The van der Waals surface area contributed by atoms with E-state index in [0.29, 0.717) is 18.7 Å². The van der Waals surface area contributed by atoms with Crippen LogP contribution in [0.5, 0.6) is 0 Å². The van der Waals surface area contributed by atoms with Crippen LogP contribution in [0.2, 0.25) is 5.02 Å². The number of nitrogens with zero attached hydrogens (tertiary/aromatic N) is 2. The van der Waals surface area contributed by atoms with Gasteiger partial charge in [0, 0.05) is 19.2 Å². The van der Waals surface area contributed by atoms with Gasteiger partial charge in [0.1, 0.15) is 9.92 Å². The Balaban J connectivity index is 2.40. The van der Waals surface area contributed by atoms with Crippen molar-refractivity contribution in [3.63, 3.8) is 0 Å². The maximum atomic E-state index is 12.7. The molecule has 1 aliphatic heterocycles. The van der Waals surface area contributed by atoms with Gasteiger partial charge in [-0.05, 0) is 44.5 Å². The topological polar surface area (TPSA) is 92.6 Å². The lowest BCUT2D eigenvalue weighted by Crippen LogP contribution is -2.30. The summed E-state index contributed by atoms with van der Waals surface area (Å²) in [5, 5.41) is 13.7. The SMILES string of the molecule is CNCC1CCN(S(=O)(=O)c2cc(C)cc([N+](=O)[O-])c2Cl)C1. The molecular formula is C13H18ClN3O4S. The summed E-state index contributed by atoms with van der Waals surface area (Å²) >= 11 is 5.98. The first-order valence-corrected chi connectivity index (χ1v) is 8.68. The van der Waals surface area contributed by atoms with Gasteiger partial charge in [-0.25, -0.2) is 8.42 Å². The summed E-state index contributed by atoms with van der Waals surface area (Å²) < 4.78 is 26.8. The van der Waals surface area contributed by atoms with Gasteiger partial charge in [0.25, 0.3) is 5.69 Å². The second-order valence-electron chi connectivity index (χ2n) is 5.43. The summed E-state index contributed by atoms with van der Waals surface area (Å²) in [5.41, 5.74) is 0.104. The maximum absolute atomic E-state index is 12.7. The van der Waals surface area contributed by atoms with Gasteiger partial charge < -0.3 is 5.32 Å². The lowest BCUT2D eigenvalue weighted by Gasteiger charge is -2.18. The van der Waals surface area contributed by atoms with Crippen molar-refractivity contribution in [2.45, 2.75) is 18.2 Å². The van der Waals surface area contributed by atoms with Crippen molar-refractivity contribution >= 4 is 27.3 Å². The second-order valence-corrected chi connectivity index (χ2v) is 7.71. The molecule has 0 bridgehead atoms. The summed E-state index contributed by atoms with van der Waals surface area (Å²) in [5.74, 6) is 0.235. The Morgan fingerprint density at radius 2 is 2.18 bits per heavy atom. The number of halogens is 1. The van der Waals surface area contributed by atoms with Crippen molar-refractivity contribution in [1.29, 1.82) is 0 Å². The molecule has 1 aliphatic rings. The zero-order chi connectivity index (χ0) is 16.5. The van der Waals surface area contributed by atoms with E-state index in [1.165, 1.54) is 16.4 Å². The van der Waals surface area contributed by atoms with Gasteiger partial charge in [0.2, 0.25) is 10.0 Å². The van der Waals surface area contributed by atoms with Crippen LogP contribution in [-0.2, 0) is 10.0 Å². The molecule has 1 atom stereocenters. The number of nitro benzene ring substituents is 1. The first-order valence-electron chi connectivity index (χ1n) is 6.86. The number of hydrogen-bond acceptors (Lipinski definition) is 5. The van der Waals surface area contributed by atoms with Gasteiger partial charge in [-0.1, -0.05) is 11.6 Å². The first-order chi connectivity index (χ1) is 10.3. The fourth-order valence-corrected chi connectivity index (χ4v) is 4.81. The third-order valence-corrected chi connectivity index (χ3v) is 6.12. The van der Waals surface area contributed by atoms with Crippen LogP contribution in [0.1, 0.15) is 12.0 Å². The van der Waals surface area contributed by atoms with Crippen LogP contribution in [-0.4, -0.2) is 44.3 Å². The summed E-state index contributed by atoms with van der Waals surface area (Å²) in [4.78, 5) is 10.2. The fraction of sp³-hybridized carbons (Fsp3) is 0.538.